The monoisotopic (exact) mass is 206 g/mol. The summed E-state index contributed by atoms with van der Waals surface area (Å²) in [5, 5.41) is 2.60. The molecule has 0 aliphatic rings. The summed E-state index contributed by atoms with van der Waals surface area (Å²) in [7, 11) is 3.43. The molecule has 3 heteroatoms. The molecule has 0 bridgehead atoms. The zero-order chi connectivity index (χ0) is 11.4. The van der Waals surface area contributed by atoms with Gasteiger partial charge in [0.15, 0.2) is 0 Å². The summed E-state index contributed by atoms with van der Waals surface area (Å²) in [4.78, 5) is 13.0. The topological polar surface area (TPSA) is 32.3 Å². The van der Waals surface area contributed by atoms with E-state index in [1.54, 1.807) is 19.0 Å². The average molecular weight is 206 g/mol. The van der Waals surface area contributed by atoms with Crippen molar-refractivity contribution in [3.63, 3.8) is 0 Å². The highest BCUT2D eigenvalue weighted by Gasteiger charge is 2.07. The molecule has 2 amide bonds. The second-order valence-corrected chi connectivity index (χ2v) is 3.84. The second-order valence-electron chi connectivity index (χ2n) is 3.84. The first-order chi connectivity index (χ1) is 7.04. The molecule has 3 nitrogen and oxygen atoms in total. The third-order valence-corrected chi connectivity index (χ3v) is 2.47. The quantitative estimate of drug-likeness (QED) is 0.789. The Hall–Kier alpha value is -1.51. The average Bonchev–Trinajstić information content (AvgIpc) is 2.20. The molecule has 0 aliphatic carbocycles. The third kappa shape index (κ3) is 2.98. The van der Waals surface area contributed by atoms with Crippen molar-refractivity contribution in [3.05, 3.63) is 34.9 Å². The normalized spacial score (nSPS) is 9.87. The van der Waals surface area contributed by atoms with Crippen LogP contribution in [0.3, 0.4) is 0 Å². The Morgan fingerprint density at radius 3 is 2.60 bits per heavy atom. The predicted molar refractivity (Wildman–Crippen MR) is 61.8 cm³/mol. The van der Waals surface area contributed by atoms with Gasteiger partial charge in [-0.3, -0.25) is 0 Å². The fourth-order valence-electron chi connectivity index (χ4n) is 1.54. The summed E-state index contributed by atoms with van der Waals surface area (Å²) < 4.78 is 0. The minimum atomic E-state index is -0.0602. The zero-order valence-corrected chi connectivity index (χ0v) is 9.79. The van der Waals surface area contributed by atoms with E-state index in [1.807, 2.05) is 0 Å². The fraction of sp³-hybridized carbons (Fsp3) is 0.417. The molecule has 0 saturated carbocycles. The maximum absolute atomic E-state index is 11.3. The van der Waals surface area contributed by atoms with E-state index in [9.17, 15) is 4.79 Å². The lowest BCUT2D eigenvalue weighted by molar-refractivity contribution is 0.209. The molecule has 0 radical (unpaired) electrons. The maximum Gasteiger partial charge on any atom is 0.317 e. The molecule has 1 aromatic carbocycles. The molecular weight excluding hydrogens is 188 g/mol. The van der Waals surface area contributed by atoms with Crippen LogP contribution in [0.1, 0.15) is 16.7 Å². The van der Waals surface area contributed by atoms with Crippen molar-refractivity contribution in [3.8, 4) is 0 Å². The van der Waals surface area contributed by atoms with E-state index in [0.717, 1.165) is 0 Å². The number of amides is 2. The van der Waals surface area contributed by atoms with E-state index >= 15 is 0 Å². The molecule has 1 aromatic rings. The highest BCUT2D eigenvalue weighted by molar-refractivity contribution is 5.73. The van der Waals surface area contributed by atoms with E-state index in [4.69, 9.17) is 0 Å². The molecule has 0 aromatic heterocycles. The Kier molecular flexibility index (Phi) is 3.72. The van der Waals surface area contributed by atoms with Crippen molar-refractivity contribution in [1.82, 2.24) is 10.2 Å². The second kappa shape index (κ2) is 4.82. The Morgan fingerprint density at radius 1 is 1.40 bits per heavy atom. The van der Waals surface area contributed by atoms with Gasteiger partial charge in [0.1, 0.15) is 0 Å². The molecule has 0 unspecified atom stereocenters. The number of carbonyl (C=O) groups is 1. The molecule has 0 saturated heterocycles. The number of urea groups is 1. The summed E-state index contributed by atoms with van der Waals surface area (Å²) in [6, 6.07) is 6.21. The van der Waals surface area contributed by atoms with Gasteiger partial charge in [-0.1, -0.05) is 23.8 Å². The van der Waals surface area contributed by atoms with Crippen LogP contribution < -0.4 is 5.32 Å². The number of aryl methyl sites for hydroxylation is 2. The Bertz CT molecular complexity index is 361. The fourth-order valence-corrected chi connectivity index (χ4v) is 1.54. The van der Waals surface area contributed by atoms with E-state index in [-0.39, 0.29) is 6.03 Å². The first kappa shape index (κ1) is 11.6. The number of carbonyl (C=O) groups excluding carboxylic acids is 1. The molecule has 0 aliphatic heterocycles. The van der Waals surface area contributed by atoms with Crippen LogP contribution in [-0.4, -0.2) is 25.0 Å². The standard InChI is InChI=1S/C12H18N2O/c1-9-5-6-11(10(2)7-9)8-14(4)12(15)13-3/h5-7H,8H2,1-4H3,(H,13,15). The predicted octanol–water partition coefficient (Wildman–Crippen LogP) is 2.07. The van der Waals surface area contributed by atoms with Gasteiger partial charge in [-0.15, -0.1) is 0 Å². The van der Waals surface area contributed by atoms with Crippen LogP contribution >= 0.6 is 0 Å². The summed E-state index contributed by atoms with van der Waals surface area (Å²) in [5.74, 6) is 0. The van der Waals surface area contributed by atoms with Crippen LogP contribution in [0.5, 0.6) is 0 Å². The number of nitrogens with one attached hydrogen (secondary N) is 1. The lowest BCUT2D eigenvalue weighted by Gasteiger charge is -2.18. The van der Waals surface area contributed by atoms with Gasteiger partial charge in [0, 0.05) is 20.6 Å². The molecular formula is C12H18N2O. The molecule has 0 fully saturated rings. The Balaban J connectivity index is 2.76. The van der Waals surface area contributed by atoms with Crippen LogP contribution in [0.4, 0.5) is 4.79 Å². The minimum Gasteiger partial charge on any atom is -0.341 e. The summed E-state index contributed by atoms with van der Waals surface area (Å²) in [6.07, 6.45) is 0. The smallest absolute Gasteiger partial charge is 0.317 e. The van der Waals surface area contributed by atoms with Crippen molar-refractivity contribution in [2.24, 2.45) is 0 Å². The Labute approximate surface area is 91.1 Å². The molecule has 1 rings (SSSR count). The summed E-state index contributed by atoms with van der Waals surface area (Å²) in [5.41, 5.74) is 3.66. The lowest BCUT2D eigenvalue weighted by Crippen LogP contribution is -2.34. The maximum atomic E-state index is 11.3. The molecule has 0 atom stereocenters. The van der Waals surface area contributed by atoms with Crippen molar-refractivity contribution in [1.29, 1.82) is 0 Å². The Morgan fingerprint density at radius 2 is 2.07 bits per heavy atom. The van der Waals surface area contributed by atoms with Gasteiger partial charge in [0.2, 0.25) is 0 Å². The highest BCUT2D eigenvalue weighted by Crippen LogP contribution is 2.12. The molecule has 1 N–H and O–H groups in total. The van der Waals surface area contributed by atoms with E-state index < -0.39 is 0 Å². The summed E-state index contributed by atoms with van der Waals surface area (Å²) >= 11 is 0. The number of hydrogen-bond donors (Lipinski definition) is 1. The molecule has 0 heterocycles. The first-order valence-corrected chi connectivity index (χ1v) is 5.03. The van der Waals surface area contributed by atoms with Crippen LogP contribution in [0.15, 0.2) is 18.2 Å². The van der Waals surface area contributed by atoms with E-state index in [2.05, 4.69) is 37.4 Å². The SMILES string of the molecule is CNC(=O)N(C)Cc1ccc(C)cc1C. The van der Waals surface area contributed by atoms with Crippen molar-refractivity contribution in [2.75, 3.05) is 14.1 Å². The van der Waals surface area contributed by atoms with Crippen LogP contribution in [0.2, 0.25) is 0 Å². The summed E-state index contributed by atoms with van der Waals surface area (Å²) in [6.45, 7) is 4.78. The van der Waals surface area contributed by atoms with Gasteiger partial charge < -0.3 is 10.2 Å². The van der Waals surface area contributed by atoms with Crippen molar-refractivity contribution >= 4 is 6.03 Å². The van der Waals surface area contributed by atoms with Crippen LogP contribution in [-0.2, 0) is 6.54 Å². The van der Waals surface area contributed by atoms with Gasteiger partial charge in [0.25, 0.3) is 0 Å². The molecule has 82 valence electrons. The van der Waals surface area contributed by atoms with Crippen LogP contribution in [0, 0.1) is 13.8 Å². The van der Waals surface area contributed by atoms with Crippen molar-refractivity contribution in [2.45, 2.75) is 20.4 Å². The van der Waals surface area contributed by atoms with Crippen molar-refractivity contribution < 1.29 is 4.79 Å². The van der Waals surface area contributed by atoms with Gasteiger partial charge in [-0.05, 0) is 25.0 Å². The van der Waals surface area contributed by atoms with Gasteiger partial charge >= 0.3 is 6.03 Å². The number of rotatable bonds is 2. The molecule has 15 heavy (non-hydrogen) atoms. The minimum absolute atomic E-state index is 0.0602. The highest BCUT2D eigenvalue weighted by atomic mass is 16.2. The van der Waals surface area contributed by atoms with Gasteiger partial charge in [-0.25, -0.2) is 4.79 Å². The number of hydrogen-bond acceptors (Lipinski definition) is 1. The first-order valence-electron chi connectivity index (χ1n) is 5.03. The van der Waals surface area contributed by atoms with E-state index in [1.165, 1.54) is 16.7 Å². The van der Waals surface area contributed by atoms with Crippen LogP contribution in [0.25, 0.3) is 0 Å². The van der Waals surface area contributed by atoms with Gasteiger partial charge in [0.05, 0.1) is 0 Å². The lowest BCUT2D eigenvalue weighted by atomic mass is 10.1. The largest absolute Gasteiger partial charge is 0.341 e. The molecule has 0 spiro atoms. The third-order valence-electron chi connectivity index (χ3n) is 2.47. The zero-order valence-electron chi connectivity index (χ0n) is 9.79. The van der Waals surface area contributed by atoms with E-state index in [0.29, 0.717) is 6.54 Å². The van der Waals surface area contributed by atoms with Gasteiger partial charge in [-0.2, -0.15) is 0 Å². The number of benzene rings is 1. The number of nitrogens with zero attached hydrogens (tertiary/aromatic N) is 1.